The number of aromatic nitrogens is 2. The Morgan fingerprint density at radius 3 is 2.64 bits per heavy atom. The van der Waals surface area contributed by atoms with Crippen LogP contribution < -0.4 is 16.3 Å². The van der Waals surface area contributed by atoms with Crippen LogP contribution in [0.25, 0.3) is 16.6 Å². The van der Waals surface area contributed by atoms with E-state index in [4.69, 9.17) is 19.3 Å². The Balaban J connectivity index is 2.26. The first-order valence-corrected chi connectivity index (χ1v) is 15.3. The summed E-state index contributed by atoms with van der Waals surface area (Å²) in [6.07, 6.45) is 1.66. The van der Waals surface area contributed by atoms with E-state index >= 15 is 0 Å². The van der Waals surface area contributed by atoms with Gasteiger partial charge in [0.15, 0.2) is 5.12 Å². The van der Waals surface area contributed by atoms with Crippen LogP contribution in [-0.4, -0.2) is 70.8 Å². The predicted octanol–water partition coefficient (Wildman–Crippen LogP) is 2.55. The van der Waals surface area contributed by atoms with E-state index in [-0.39, 0.29) is 29.5 Å². The van der Waals surface area contributed by atoms with Crippen LogP contribution in [0.5, 0.6) is 0 Å². The molecule has 1 unspecified atom stereocenters. The van der Waals surface area contributed by atoms with Gasteiger partial charge in [0.2, 0.25) is 0 Å². The topological polar surface area (TPSA) is 210 Å². The van der Waals surface area contributed by atoms with Crippen LogP contribution in [0.4, 0.5) is 0 Å². The summed E-state index contributed by atoms with van der Waals surface area (Å²) in [6, 6.07) is -1.98. The molecule has 2 rings (SSSR count). The van der Waals surface area contributed by atoms with Gasteiger partial charge in [-0.2, -0.15) is 0 Å². The summed E-state index contributed by atoms with van der Waals surface area (Å²) in [6.45, 7) is 7.51. The van der Waals surface area contributed by atoms with Crippen LogP contribution in [0.15, 0.2) is 27.0 Å². The number of methoxy groups -OCH3 is 1. The van der Waals surface area contributed by atoms with Gasteiger partial charge in [0.05, 0.1) is 32.5 Å². The minimum Gasteiger partial charge on any atom is -0.468 e. The minimum absolute atomic E-state index is 0.00423. The highest BCUT2D eigenvalue weighted by Gasteiger charge is 2.39. The SMILES string of the molecule is COC(=O)[C@@H](C)NP(=O)(OCCSC(=O)C(C)(C)C)OC[C@H]1O[C@@H](n2cc(C)c(=O)n(/C=C/C=O)c2=O)C[C@@H]1N=[N+]=[N-]. The summed E-state index contributed by atoms with van der Waals surface area (Å²) in [5.41, 5.74) is 7.24. The van der Waals surface area contributed by atoms with Crippen molar-refractivity contribution in [2.45, 2.75) is 65.5 Å². The van der Waals surface area contributed by atoms with Gasteiger partial charge in [-0.3, -0.25) is 32.8 Å². The fraction of sp³-hybridized carbons (Fsp3) is 0.625. The Hall–Kier alpha value is -3.04. The molecule has 1 aliphatic heterocycles. The first-order chi connectivity index (χ1) is 19.7. The normalized spacial score (nSPS) is 21.0. The summed E-state index contributed by atoms with van der Waals surface area (Å²) in [5, 5.41) is 6.09. The Morgan fingerprint density at radius 1 is 1.36 bits per heavy atom. The molecule has 42 heavy (non-hydrogen) atoms. The Morgan fingerprint density at radius 2 is 2.05 bits per heavy atom. The molecule has 0 amide bonds. The van der Waals surface area contributed by atoms with E-state index in [1.807, 2.05) is 0 Å². The fourth-order valence-electron chi connectivity index (χ4n) is 3.66. The molecule has 0 spiro atoms. The van der Waals surface area contributed by atoms with Gasteiger partial charge < -0.3 is 9.47 Å². The largest absolute Gasteiger partial charge is 0.468 e. The van der Waals surface area contributed by atoms with Gasteiger partial charge in [0.25, 0.3) is 5.56 Å². The Kier molecular flexibility index (Phi) is 12.9. The summed E-state index contributed by atoms with van der Waals surface area (Å²) in [4.78, 5) is 63.1. The summed E-state index contributed by atoms with van der Waals surface area (Å²) in [7, 11) is -3.07. The number of hydrogen-bond donors (Lipinski definition) is 1. The minimum atomic E-state index is -4.22. The van der Waals surface area contributed by atoms with Crippen molar-refractivity contribution < 1.29 is 37.5 Å². The fourth-order valence-corrected chi connectivity index (χ4v) is 6.05. The average Bonchev–Trinajstić information content (AvgIpc) is 3.33. The maximum absolute atomic E-state index is 13.6. The van der Waals surface area contributed by atoms with Crippen LogP contribution in [-0.2, 0) is 37.5 Å². The van der Waals surface area contributed by atoms with Crippen LogP contribution >= 0.6 is 19.5 Å². The van der Waals surface area contributed by atoms with Gasteiger partial charge in [-0.25, -0.2) is 19.0 Å². The number of nitrogens with one attached hydrogen (secondary N) is 1. The second kappa shape index (κ2) is 15.4. The zero-order valence-corrected chi connectivity index (χ0v) is 25.8. The number of ether oxygens (including phenoxy) is 2. The lowest BCUT2D eigenvalue weighted by molar-refractivity contribution is -0.142. The molecule has 232 valence electrons. The van der Waals surface area contributed by atoms with Gasteiger partial charge >= 0.3 is 19.4 Å². The van der Waals surface area contributed by atoms with E-state index in [2.05, 4.69) is 19.9 Å². The maximum Gasteiger partial charge on any atom is 0.406 e. The molecule has 0 saturated carbocycles. The molecule has 1 aromatic rings. The molecule has 18 heteroatoms. The van der Waals surface area contributed by atoms with Crippen molar-refractivity contribution in [3.63, 3.8) is 0 Å². The second-order valence-corrected chi connectivity index (χ2v) is 13.0. The predicted molar refractivity (Wildman–Crippen MR) is 154 cm³/mol. The number of allylic oxidation sites excluding steroid dienone is 1. The number of rotatable bonds is 14. The third-order valence-corrected chi connectivity index (χ3v) is 8.81. The third kappa shape index (κ3) is 9.49. The second-order valence-electron chi connectivity index (χ2n) is 10.2. The smallest absolute Gasteiger partial charge is 0.406 e. The first-order valence-electron chi connectivity index (χ1n) is 12.7. The summed E-state index contributed by atoms with van der Waals surface area (Å²) in [5.74, 6) is -0.588. The maximum atomic E-state index is 13.6. The number of esters is 1. The van der Waals surface area contributed by atoms with Crippen LogP contribution in [0, 0.1) is 12.3 Å². The van der Waals surface area contributed by atoms with Crippen molar-refractivity contribution in [3.8, 4) is 0 Å². The van der Waals surface area contributed by atoms with E-state index in [0.29, 0.717) is 6.29 Å². The molecule has 0 aromatic carbocycles. The highest BCUT2D eigenvalue weighted by Crippen LogP contribution is 2.46. The van der Waals surface area contributed by atoms with Gasteiger partial charge in [-0.1, -0.05) is 37.6 Å². The monoisotopic (exact) mass is 630 g/mol. The van der Waals surface area contributed by atoms with Crippen molar-refractivity contribution in [3.05, 3.63) is 49.1 Å². The van der Waals surface area contributed by atoms with Gasteiger partial charge in [0, 0.05) is 40.5 Å². The van der Waals surface area contributed by atoms with Crippen LogP contribution in [0.1, 0.15) is 45.9 Å². The quantitative estimate of drug-likeness (QED) is 0.0459. The van der Waals surface area contributed by atoms with Crippen molar-refractivity contribution in [1.82, 2.24) is 14.2 Å². The van der Waals surface area contributed by atoms with Crippen LogP contribution in [0.3, 0.4) is 0 Å². The molecule has 1 N–H and O–H groups in total. The van der Waals surface area contributed by atoms with E-state index in [1.165, 1.54) is 20.0 Å². The van der Waals surface area contributed by atoms with Crippen molar-refractivity contribution in [2.75, 3.05) is 26.1 Å². The lowest BCUT2D eigenvalue weighted by Gasteiger charge is -2.24. The third-order valence-electron chi connectivity index (χ3n) is 5.85. The molecule has 0 aliphatic carbocycles. The number of thioether (sulfide) groups is 1. The molecule has 16 nitrogen and oxygen atoms in total. The molecule has 5 atom stereocenters. The zero-order valence-electron chi connectivity index (χ0n) is 24.1. The highest BCUT2D eigenvalue weighted by atomic mass is 32.2. The molecule has 1 saturated heterocycles. The zero-order chi connectivity index (χ0) is 31.7. The van der Waals surface area contributed by atoms with E-state index in [9.17, 15) is 28.5 Å². The number of carbonyl (C=O) groups excluding carboxylic acids is 3. The standard InChI is InChI=1S/C24H35N6O10PS/c1-15-13-30(23(35)29(20(15)32)8-7-9-31)19-12-17(26-28-25)18(40-19)14-39-41(36,27-16(2)21(33)37-6)38-10-11-42-22(34)24(3,4)5/h7-9,13,16-19H,10-12,14H2,1-6H3,(H,27,36)/b8-7+/t16-,17+,18-,19-,41?/m1/s1. The van der Waals surface area contributed by atoms with E-state index in [1.54, 1.807) is 20.8 Å². The number of hydrogen-bond acceptors (Lipinski definition) is 12. The van der Waals surface area contributed by atoms with Gasteiger partial charge in [-0.05, 0) is 25.5 Å². The van der Waals surface area contributed by atoms with Crippen LogP contribution in [0.2, 0.25) is 0 Å². The van der Waals surface area contributed by atoms with Crippen molar-refractivity contribution >= 4 is 43.1 Å². The van der Waals surface area contributed by atoms with E-state index in [0.717, 1.165) is 40.3 Å². The lowest BCUT2D eigenvalue weighted by Crippen LogP contribution is -2.39. The number of carbonyl (C=O) groups is 3. The summed E-state index contributed by atoms with van der Waals surface area (Å²) >= 11 is 0.991. The van der Waals surface area contributed by atoms with Gasteiger partial charge in [0.1, 0.15) is 18.6 Å². The van der Waals surface area contributed by atoms with Gasteiger partial charge in [-0.15, -0.1) is 0 Å². The lowest BCUT2D eigenvalue weighted by atomic mass is 10.00. The van der Waals surface area contributed by atoms with E-state index < -0.39 is 61.4 Å². The van der Waals surface area contributed by atoms with Crippen molar-refractivity contribution in [1.29, 1.82) is 0 Å². The molecule has 1 fully saturated rings. The van der Waals surface area contributed by atoms with Crippen molar-refractivity contribution in [2.24, 2.45) is 10.5 Å². The highest BCUT2D eigenvalue weighted by molar-refractivity contribution is 8.13. The number of nitrogens with zero attached hydrogens (tertiary/aromatic N) is 5. The number of azide groups is 1. The Labute approximate surface area is 245 Å². The Bertz CT molecular complexity index is 1400. The molecule has 0 bridgehead atoms. The molecular formula is C24H35N6O10PS. The summed E-state index contributed by atoms with van der Waals surface area (Å²) < 4.78 is 37.1. The average molecular weight is 631 g/mol. The molecule has 0 radical (unpaired) electrons. The number of aldehydes is 1. The molecule has 2 heterocycles. The first kappa shape index (κ1) is 35.2. The number of aryl methyl sites for hydroxylation is 1. The molecular weight excluding hydrogens is 595 g/mol. The molecule has 1 aliphatic rings. The molecule has 1 aromatic heterocycles.